The van der Waals surface area contributed by atoms with Crippen LogP contribution in [0, 0.1) is 5.92 Å². The van der Waals surface area contributed by atoms with E-state index in [9.17, 15) is 9.59 Å². The van der Waals surface area contributed by atoms with Crippen molar-refractivity contribution in [2.45, 2.75) is 32.6 Å². The molecule has 29 heavy (non-hydrogen) atoms. The van der Waals surface area contributed by atoms with Gasteiger partial charge in [-0.05, 0) is 93.7 Å². The van der Waals surface area contributed by atoms with Gasteiger partial charge in [-0.3, -0.25) is 9.59 Å². The predicted octanol–water partition coefficient (Wildman–Crippen LogP) is 4.06. The van der Waals surface area contributed by atoms with Crippen LogP contribution in [0.3, 0.4) is 0 Å². The van der Waals surface area contributed by atoms with Crippen molar-refractivity contribution >= 4 is 23.2 Å². The summed E-state index contributed by atoms with van der Waals surface area (Å²) in [6.07, 6.45) is 3.75. The summed E-state index contributed by atoms with van der Waals surface area (Å²) in [6, 6.07) is 14.2. The maximum atomic E-state index is 12.4. The highest BCUT2D eigenvalue weighted by atomic mass is 16.5. The van der Waals surface area contributed by atoms with Crippen LogP contribution in [0.4, 0.5) is 11.4 Å². The third-order valence-corrected chi connectivity index (χ3v) is 5.09. The molecule has 3 N–H and O–H groups in total. The van der Waals surface area contributed by atoms with E-state index in [4.69, 9.17) is 4.74 Å². The Balaban J connectivity index is 1.47. The smallest absolute Gasteiger partial charge is 0.255 e. The van der Waals surface area contributed by atoms with Crippen molar-refractivity contribution in [1.29, 1.82) is 0 Å². The molecule has 0 atom stereocenters. The molecule has 2 aromatic carbocycles. The molecule has 1 heterocycles. The van der Waals surface area contributed by atoms with Gasteiger partial charge in [0.2, 0.25) is 5.91 Å². The summed E-state index contributed by atoms with van der Waals surface area (Å²) in [7, 11) is 0. The van der Waals surface area contributed by atoms with Crippen molar-refractivity contribution in [3.05, 3.63) is 54.1 Å². The number of nitrogens with one attached hydrogen (secondary N) is 3. The second kappa shape index (κ2) is 10.6. The Bertz CT molecular complexity index is 797. The molecule has 1 aliphatic rings. The lowest BCUT2D eigenvalue weighted by molar-refractivity contribution is -0.116. The normalized spacial score (nSPS) is 14.2. The molecule has 2 amide bonds. The van der Waals surface area contributed by atoms with Gasteiger partial charge in [-0.25, -0.2) is 0 Å². The molecule has 2 aromatic rings. The van der Waals surface area contributed by atoms with Gasteiger partial charge in [-0.1, -0.05) is 0 Å². The molecule has 154 valence electrons. The van der Waals surface area contributed by atoms with E-state index in [1.54, 1.807) is 36.4 Å². The molecule has 0 radical (unpaired) electrons. The average Bonchev–Trinajstić information content (AvgIpc) is 2.75. The maximum absolute atomic E-state index is 12.4. The summed E-state index contributed by atoms with van der Waals surface area (Å²) in [5.74, 6) is 1.23. The summed E-state index contributed by atoms with van der Waals surface area (Å²) in [6.45, 7) is 4.63. The molecule has 1 fully saturated rings. The summed E-state index contributed by atoms with van der Waals surface area (Å²) < 4.78 is 5.40. The van der Waals surface area contributed by atoms with E-state index in [2.05, 4.69) is 16.0 Å². The molecule has 0 saturated carbocycles. The highest BCUT2D eigenvalue weighted by molar-refractivity contribution is 6.04. The van der Waals surface area contributed by atoms with E-state index in [1.165, 1.54) is 0 Å². The Kier molecular flexibility index (Phi) is 7.64. The molecule has 1 saturated heterocycles. The first-order valence-electron chi connectivity index (χ1n) is 10.3. The van der Waals surface area contributed by atoms with Crippen LogP contribution in [-0.4, -0.2) is 31.5 Å². The Morgan fingerprint density at radius 1 is 0.966 bits per heavy atom. The van der Waals surface area contributed by atoms with E-state index >= 15 is 0 Å². The van der Waals surface area contributed by atoms with Crippen molar-refractivity contribution in [3.63, 3.8) is 0 Å². The third-order valence-electron chi connectivity index (χ3n) is 5.09. The number of carbonyl (C=O) groups is 2. The summed E-state index contributed by atoms with van der Waals surface area (Å²) in [5, 5.41) is 9.11. The molecule has 1 aliphatic heterocycles. The molecule has 6 heteroatoms. The molecule has 0 unspecified atom stereocenters. The Labute approximate surface area is 172 Å². The third kappa shape index (κ3) is 6.61. The number of ether oxygens (including phenoxy) is 1. The van der Waals surface area contributed by atoms with Crippen LogP contribution in [0.15, 0.2) is 48.5 Å². The minimum absolute atomic E-state index is 0.0233. The lowest BCUT2D eigenvalue weighted by atomic mass is 9.93. The number of anilines is 2. The summed E-state index contributed by atoms with van der Waals surface area (Å²) in [5.41, 5.74) is 1.94. The lowest BCUT2D eigenvalue weighted by Crippen LogP contribution is -2.28. The van der Waals surface area contributed by atoms with Gasteiger partial charge in [-0.15, -0.1) is 0 Å². The molecule has 0 spiro atoms. The zero-order valence-corrected chi connectivity index (χ0v) is 16.9. The van der Waals surface area contributed by atoms with Gasteiger partial charge in [0.1, 0.15) is 5.75 Å². The van der Waals surface area contributed by atoms with Crippen LogP contribution in [0.5, 0.6) is 5.75 Å². The molecular weight excluding hydrogens is 366 g/mol. The largest absolute Gasteiger partial charge is 0.494 e. The van der Waals surface area contributed by atoms with Gasteiger partial charge in [0.05, 0.1) is 6.61 Å². The maximum Gasteiger partial charge on any atom is 0.255 e. The van der Waals surface area contributed by atoms with Gasteiger partial charge in [0.15, 0.2) is 0 Å². The number of rotatable bonds is 8. The standard InChI is InChI=1S/C23H29N3O3/c1-2-29-21-10-8-20(9-11-21)26-23(28)18-4-6-19(7-5-18)25-22(27)12-3-17-13-15-24-16-14-17/h4-11,17,24H,2-3,12-16H2,1H3,(H,25,27)(H,26,28). The number of benzene rings is 2. The van der Waals surface area contributed by atoms with Crippen LogP contribution >= 0.6 is 0 Å². The fourth-order valence-electron chi connectivity index (χ4n) is 3.44. The molecule has 6 nitrogen and oxygen atoms in total. The number of piperidine rings is 1. The lowest BCUT2D eigenvalue weighted by Gasteiger charge is -2.22. The first-order valence-corrected chi connectivity index (χ1v) is 10.3. The monoisotopic (exact) mass is 395 g/mol. The number of amides is 2. The van der Waals surface area contributed by atoms with Crippen molar-refractivity contribution < 1.29 is 14.3 Å². The molecule has 0 bridgehead atoms. The van der Waals surface area contributed by atoms with Crippen molar-refractivity contribution in [2.24, 2.45) is 5.92 Å². The minimum Gasteiger partial charge on any atom is -0.494 e. The number of hydrogen-bond donors (Lipinski definition) is 3. The van der Waals surface area contributed by atoms with Crippen LogP contribution in [0.25, 0.3) is 0 Å². The number of carbonyl (C=O) groups excluding carboxylic acids is 2. The van der Waals surface area contributed by atoms with Crippen LogP contribution in [0.2, 0.25) is 0 Å². The minimum atomic E-state index is -0.196. The first kappa shape index (κ1) is 20.9. The molecule has 0 aliphatic carbocycles. The van der Waals surface area contributed by atoms with Crippen molar-refractivity contribution in [1.82, 2.24) is 5.32 Å². The fourth-order valence-corrected chi connectivity index (χ4v) is 3.44. The summed E-state index contributed by atoms with van der Waals surface area (Å²) in [4.78, 5) is 24.6. The highest BCUT2D eigenvalue weighted by Crippen LogP contribution is 2.19. The van der Waals surface area contributed by atoms with Gasteiger partial charge >= 0.3 is 0 Å². The Morgan fingerprint density at radius 3 is 2.24 bits per heavy atom. The van der Waals surface area contributed by atoms with E-state index in [0.717, 1.165) is 38.1 Å². The van der Waals surface area contributed by atoms with E-state index in [-0.39, 0.29) is 11.8 Å². The fraction of sp³-hybridized carbons (Fsp3) is 0.391. The molecular formula is C23H29N3O3. The average molecular weight is 396 g/mol. The van der Waals surface area contributed by atoms with Gasteiger partial charge in [0, 0.05) is 23.4 Å². The second-order valence-electron chi connectivity index (χ2n) is 7.27. The number of hydrogen-bond acceptors (Lipinski definition) is 4. The Hall–Kier alpha value is -2.86. The molecule has 0 aromatic heterocycles. The van der Waals surface area contributed by atoms with Crippen LogP contribution in [0.1, 0.15) is 43.0 Å². The quantitative estimate of drug-likeness (QED) is 0.630. The van der Waals surface area contributed by atoms with Crippen molar-refractivity contribution in [3.8, 4) is 5.75 Å². The summed E-state index contributed by atoms with van der Waals surface area (Å²) >= 11 is 0. The SMILES string of the molecule is CCOc1ccc(NC(=O)c2ccc(NC(=O)CCC3CCNCC3)cc2)cc1. The van der Waals surface area contributed by atoms with Gasteiger partial charge in [0.25, 0.3) is 5.91 Å². The van der Waals surface area contributed by atoms with Gasteiger partial charge in [-0.2, -0.15) is 0 Å². The van der Waals surface area contributed by atoms with E-state index in [0.29, 0.717) is 35.9 Å². The van der Waals surface area contributed by atoms with Crippen molar-refractivity contribution in [2.75, 3.05) is 30.3 Å². The van der Waals surface area contributed by atoms with Gasteiger partial charge < -0.3 is 20.7 Å². The predicted molar refractivity (Wildman–Crippen MR) is 115 cm³/mol. The van der Waals surface area contributed by atoms with E-state index in [1.807, 2.05) is 19.1 Å². The Morgan fingerprint density at radius 2 is 1.59 bits per heavy atom. The van der Waals surface area contributed by atoms with Crippen LogP contribution < -0.4 is 20.7 Å². The second-order valence-corrected chi connectivity index (χ2v) is 7.27. The first-order chi connectivity index (χ1) is 14.1. The van der Waals surface area contributed by atoms with Crippen LogP contribution in [-0.2, 0) is 4.79 Å². The molecule has 3 rings (SSSR count). The van der Waals surface area contributed by atoms with E-state index < -0.39 is 0 Å². The topological polar surface area (TPSA) is 79.5 Å². The highest BCUT2D eigenvalue weighted by Gasteiger charge is 2.14. The zero-order chi connectivity index (χ0) is 20.5. The zero-order valence-electron chi connectivity index (χ0n) is 16.9.